The first kappa shape index (κ1) is 13.9. The second kappa shape index (κ2) is 4.23. The molecule has 2 bridgehead atoms. The third kappa shape index (κ3) is 1.42. The molecule has 4 atom stereocenters. The summed E-state index contributed by atoms with van der Waals surface area (Å²) < 4.78 is 6.10. The van der Waals surface area contributed by atoms with Gasteiger partial charge in [0.05, 0.1) is 11.0 Å². The van der Waals surface area contributed by atoms with Crippen LogP contribution < -0.4 is 4.74 Å². The molecule has 0 amide bonds. The summed E-state index contributed by atoms with van der Waals surface area (Å²) in [5, 5.41) is 11.9. The third-order valence-corrected chi connectivity index (χ3v) is 7.38. The molecule has 0 aromatic heterocycles. The summed E-state index contributed by atoms with van der Waals surface area (Å²) in [7, 11) is 0. The minimum absolute atomic E-state index is 0.117. The lowest BCUT2D eigenvalue weighted by molar-refractivity contribution is -0.188. The van der Waals surface area contributed by atoms with E-state index < -0.39 is 17.1 Å². The van der Waals surface area contributed by atoms with Crippen molar-refractivity contribution in [2.45, 2.75) is 61.7 Å². The molecule has 3 aliphatic carbocycles. The Balaban J connectivity index is 1.56. The Kier molecular flexibility index (Phi) is 2.44. The molecule has 1 N–H and O–H groups in total. The standard InChI is InChI=1S/C20H22NO3/c22-14-6-7-20(23)16-10-13-2-1-3-15-17(13)19(20,18(14)24-15)8-9-21(16)11-12-4-5-12/h1-2,12,16,18,23H,4-11H2/t16?,18-,19-,20+/m0/s1. The van der Waals surface area contributed by atoms with Gasteiger partial charge in [-0.2, -0.15) is 0 Å². The second-order valence-corrected chi connectivity index (χ2v) is 8.48. The largest absolute Gasteiger partial charge is 0.481 e. The Morgan fingerprint density at radius 3 is 3.08 bits per heavy atom. The van der Waals surface area contributed by atoms with Crippen molar-refractivity contribution in [1.29, 1.82) is 0 Å². The molecule has 125 valence electrons. The first-order valence-electron chi connectivity index (χ1n) is 9.33. The Hall–Kier alpha value is -1.39. The second-order valence-electron chi connectivity index (χ2n) is 8.48. The van der Waals surface area contributed by atoms with Gasteiger partial charge in [-0.25, -0.2) is 0 Å². The summed E-state index contributed by atoms with van der Waals surface area (Å²) in [6.45, 7) is 2.06. The summed E-state index contributed by atoms with van der Waals surface area (Å²) in [5.74, 6) is 1.69. The van der Waals surface area contributed by atoms with Crippen molar-refractivity contribution in [2.24, 2.45) is 5.92 Å². The van der Waals surface area contributed by atoms with Crippen LogP contribution >= 0.6 is 0 Å². The molecule has 1 aromatic carbocycles. The van der Waals surface area contributed by atoms with E-state index in [9.17, 15) is 9.90 Å². The molecule has 2 aliphatic heterocycles. The predicted molar refractivity (Wildman–Crippen MR) is 87.0 cm³/mol. The fourth-order valence-electron chi connectivity index (χ4n) is 6.14. The van der Waals surface area contributed by atoms with Crippen LogP contribution in [0.25, 0.3) is 0 Å². The van der Waals surface area contributed by atoms with E-state index in [0.29, 0.717) is 12.8 Å². The topological polar surface area (TPSA) is 49.8 Å². The molecule has 3 fully saturated rings. The van der Waals surface area contributed by atoms with Crippen LogP contribution in [0.1, 0.15) is 43.2 Å². The zero-order valence-corrected chi connectivity index (χ0v) is 13.8. The van der Waals surface area contributed by atoms with E-state index in [0.717, 1.165) is 43.2 Å². The van der Waals surface area contributed by atoms with E-state index in [4.69, 9.17) is 4.74 Å². The maximum atomic E-state index is 12.7. The number of benzene rings is 1. The van der Waals surface area contributed by atoms with Crippen LogP contribution in [-0.4, -0.2) is 46.6 Å². The van der Waals surface area contributed by atoms with Gasteiger partial charge in [-0.1, -0.05) is 12.1 Å². The number of Topliss-reactive ketones (excluding diaryl/α,β-unsaturated/α-hetero) is 1. The maximum Gasteiger partial charge on any atom is 0.174 e. The highest BCUT2D eigenvalue weighted by atomic mass is 16.5. The van der Waals surface area contributed by atoms with E-state index >= 15 is 0 Å². The van der Waals surface area contributed by atoms with Crippen molar-refractivity contribution >= 4 is 5.78 Å². The lowest BCUT2D eigenvalue weighted by Gasteiger charge is -2.62. The van der Waals surface area contributed by atoms with E-state index in [2.05, 4.69) is 17.0 Å². The summed E-state index contributed by atoms with van der Waals surface area (Å²) in [6, 6.07) is 7.35. The zero-order valence-electron chi connectivity index (χ0n) is 13.8. The molecule has 1 aromatic rings. The molecule has 4 heteroatoms. The van der Waals surface area contributed by atoms with Gasteiger partial charge in [0.1, 0.15) is 5.75 Å². The number of ether oxygens (including phenoxy) is 1. The molecular formula is C20H22NO3. The van der Waals surface area contributed by atoms with Crippen LogP contribution in [0, 0.1) is 12.0 Å². The van der Waals surface area contributed by atoms with Crippen molar-refractivity contribution < 1.29 is 14.6 Å². The van der Waals surface area contributed by atoms with Crippen LogP contribution in [0.2, 0.25) is 0 Å². The Labute approximate surface area is 141 Å². The van der Waals surface area contributed by atoms with Gasteiger partial charge in [0.15, 0.2) is 11.9 Å². The van der Waals surface area contributed by atoms with Gasteiger partial charge in [-0.3, -0.25) is 9.69 Å². The van der Waals surface area contributed by atoms with Gasteiger partial charge in [0.2, 0.25) is 0 Å². The molecule has 4 nitrogen and oxygen atoms in total. The molecular weight excluding hydrogens is 302 g/mol. The SMILES string of the molecule is O=C1CC[C@@]2(O)C3Cc4cc[c]c5c4[C@@]2(CCN3CC2CC2)[C@H]1O5. The molecule has 6 rings (SSSR count). The fourth-order valence-corrected chi connectivity index (χ4v) is 6.14. The molecule has 1 saturated heterocycles. The van der Waals surface area contributed by atoms with E-state index in [1.54, 1.807) is 0 Å². The molecule has 5 aliphatic rings. The number of likely N-dealkylation sites (tertiary alicyclic amines) is 1. The molecule has 1 unspecified atom stereocenters. The van der Waals surface area contributed by atoms with Crippen molar-refractivity contribution in [3.63, 3.8) is 0 Å². The van der Waals surface area contributed by atoms with Crippen molar-refractivity contribution in [3.05, 3.63) is 29.3 Å². The minimum atomic E-state index is -0.841. The van der Waals surface area contributed by atoms with Crippen LogP contribution in [0.4, 0.5) is 0 Å². The number of hydrogen-bond acceptors (Lipinski definition) is 4. The van der Waals surface area contributed by atoms with Gasteiger partial charge in [-0.15, -0.1) is 0 Å². The van der Waals surface area contributed by atoms with E-state index in [1.807, 2.05) is 6.07 Å². The highest BCUT2D eigenvalue weighted by Gasteiger charge is 2.72. The van der Waals surface area contributed by atoms with Gasteiger partial charge < -0.3 is 9.84 Å². The van der Waals surface area contributed by atoms with Crippen LogP contribution in [0.15, 0.2) is 12.1 Å². The first-order valence-corrected chi connectivity index (χ1v) is 9.33. The summed E-state index contributed by atoms with van der Waals surface area (Å²) in [6.07, 6.45) is 4.84. The zero-order chi connectivity index (χ0) is 16.1. The van der Waals surface area contributed by atoms with Crippen LogP contribution in [-0.2, 0) is 16.6 Å². The van der Waals surface area contributed by atoms with Gasteiger partial charge >= 0.3 is 0 Å². The number of nitrogens with zero attached hydrogens (tertiary/aromatic N) is 1. The van der Waals surface area contributed by atoms with Crippen LogP contribution in [0.3, 0.4) is 0 Å². The number of piperidine rings is 1. The summed E-state index contributed by atoms with van der Waals surface area (Å²) in [5.41, 5.74) is 0.990. The molecule has 1 radical (unpaired) electrons. The number of carbonyl (C=O) groups excluding carboxylic acids is 1. The molecule has 2 saturated carbocycles. The monoisotopic (exact) mass is 324 g/mol. The van der Waals surface area contributed by atoms with Crippen molar-refractivity contribution in [1.82, 2.24) is 4.90 Å². The van der Waals surface area contributed by atoms with Gasteiger partial charge in [0.25, 0.3) is 0 Å². The average Bonchev–Trinajstić information content (AvgIpc) is 3.31. The Bertz CT molecular complexity index is 757. The Morgan fingerprint density at radius 2 is 2.25 bits per heavy atom. The summed E-state index contributed by atoms with van der Waals surface area (Å²) >= 11 is 0. The normalized spacial score (nSPS) is 42.6. The smallest absolute Gasteiger partial charge is 0.174 e. The maximum absolute atomic E-state index is 12.7. The quantitative estimate of drug-likeness (QED) is 0.898. The third-order valence-electron chi connectivity index (χ3n) is 7.38. The highest BCUT2D eigenvalue weighted by molar-refractivity contribution is 5.89. The van der Waals surface area contributed by atoms with Gasteiger partial charge in [0, 0.05) is 30.6 Å². The first-order chi connectivity index (χ1) is 11.6. The lowest BCUT2D eigenvalue weighted by atomic mass is 9.49. The number of rotatable bonds is 2. The minimum Gasteiger partial charge on any atom is -0.481 e. The van der Waals surface area contributed by atoms with Crippen LogP contribution in [0.5, 0.6) is 5.75 Å². The number of ketones is 1. The number of aliphatic hydroxyl groups is 1. The lowest BCUT2D eigenvalue weighted by Crippen LogP contribution is -2.76. The van der Waals surface area contributed by atoms with Crippen molar-refractivity contribution in [3.8, 4) is 5.75 Å². The average molecular weight is 324 g/mol. The van der Waals surface area contributed by atoms with Gasteiger partial charge in [-0.05, 0) is 50.1 Å². The fraction of sp³-hybridized carbons (Fsp3) is 0.650. The molecule has 2 heterocycles. The number of carbonyl (C=O) groups is 1. The van der Waals surface area contributed by atoms with E-state index in [1.165, 1.54) is 18.4 Å². The molecule has 24 heavy (non-hydrogen) atoms. The predicted octanol–water partition coefficient (Wildman–Crippen LogP) is 1.62. The van der Waals surface area contributed by atoms with E-state index in [-0.39, 0.29) is 11.8 Å². The molecule has 1 spiro atoms. The highest BCUT2D eigenvalue weighted by Crippen LogP contribution is 2.63. The van der Waals surface area contributed by atoms with Crippen molar-refractivity contribution in [2.75, 3.05) is 13.1 Å². The summed E-state index contributed by atoms with van der Waals surface area (Å²) in [4.78, 5) is 15.2. The number of hydrogen-bond donors (Lipinski definition) is 1. The Morgan fingerprint density at radius 1 is 1.38 bits per heavy atom.